The van der Waals surface area contributed by atoms with Gasteiger partial charge in [-0.25, -0.2) is 0 Å². The van der Waals surface area contributed by atoms with E-state index in [0.717, 1.165) is 31.6 Å². The number of hydrogen-bond donors (Lipinski definition) is 0. The highest BCUT2D eigenvalue weighted by atomic mass is 16.5. The molecule has 0 bridgehead atoms. The molecule has 25 heavy (non-hydrogen) atoms. The van der Waals surface area contributed by atoms with Gasteiger partial charge in [-0.3, -0.25) is 4.79 Å². The van der Waals surface area contributed by atoms with E-state index in [-0.39, 0.29) is 5.92 Å². The van der Waals surface area contributed by atoms with Gasteiger partial charge in [-0.2, -0.15) is 0 Å². The summed E-state index contributed by atoms with van der Waals surface area (Å²) in [5, 5.41) is 0. The predicted molar refractivity (Wildman–Crippen MR) is 105 cm³/mol. The van der Waals surface area contributed by atoms with Crippen molar-refractivity contribution < 1.29 is 9.53 Å². The molecule has 1 aromatic carbocycles. The van der Waals surface area contributed by atoms with Crippen molar-refractivity contribution in [3.8, 4) is 5.75 Å². The number of unbranched alkanes of at least 4 members (excludes halogenated alkanes) is 5. The molecule has 0 unspecified atom stereocenters. The van der Waals surface area contributed by atoms with Crippen molar-refractivity contribution in [3.63, 3.8) is 0 Å². The minimum Gasteiger partial charge on any atom is -0.494 e. The Bertz CT molecular complexity index is 491. The predicted octanol–water partition coefficient (Wildman–Crippen LogP) is 6.68. The highest BCUT2D eigenvalue weighted by molar-refractivity contribution is 5.86. The number of ether oxygens (including phenoxy) is 1. The van der Waals surface area contributed by atoms with Crippen molar-refractivity contribution in [1.82, 2.24) is 0 Å². The van der Waals surface area contributed by atoms with E-state index in [9.17, 15) is 4.79 Å². The second-order valence-electron chi connectivity index (χ2n) is 7.64. The third kappa shape index (κ3) is 6.84. The molecule has 0 aromatic heterocycles. The minimum atomic E-state index is 0.112. The molecule has 0 N–H and O–H groups in total. The molecule has 2 rings (SSSR count). The number of Topliss-reactive ketones (excluding diaryl/α,β-unsaturated/α-hetero) is 1. The first-order valence-corrected chi connectivity index (χ1v) is 10.5. The lowest BCUT2D eigenvalue weighted by Gasteiger charge is -2.27. The number of rotatable bonds is 11. The topological polar surface area (TPSA) is 26.3 Å². The van der Waals surface area contributed by atoms with Crippen LogP contribution in [0.2, 0.25) is 0 Å². The molecule has 2 heteroatoms. The summed E-state index contributed by atoms with van der Waals surface area (Å²) in [6.07, 6.45) is 13.0. The normalized spacial score (nSPS) is 20.6. The molecule has 0 saturated heterocycles. The Hall–Kier alpha value is -1.31. The maximum Gasteiger partial charge on any atom is 0.140 e. The van der Waals surface area contributed by atoms with Gasteiger partial charge in [0.1, 0.15) is 11.5 Å². The Morgan fingerprint density at radius 1 is 0.920 bits per heavy atom. The van der Waals surface area contributed by atoms with Crippen LogP contribution < -0.4 is 4.74 Å². The Balaban J connectivity index is 1.75. The summed E-state index contributed by atoms with van der Waals surface area (Å²) < 4.78 is 5.83. The number of benzene rings is 1. The van der Waals surface area contributed by atoms with Crippen LogP contribution in [0.1, 0.15) is 96.0 Å². The van der Waals surface area contributed by atoms with E-state index in [1.54, 1.807) is 0 Å². The van der Waals surface area contributed by atoms with Gasteiger partial charge in [0.05, 0.1) is 6.61 Å². The standard InChI is InChI=1S/C23H36O2/c1-3-5-7-8-9-17-25-21-14-12-20(13-15-21)22-16-11-19(10-6-4-2)18-23(22)24/h12-15,19,22H,3-11,16-18H2,1-2H3/t19-,22+/m1/s1. The lowest BCUT2D eigenvalue weighted by Crippen LogP contribution is -2.23. The van der Waals surface area contributed by atoms with Crippen molar-refractivity contribution in [1.29, 1.82) is 0 Å². The van der Waals surface area contributed by atoms with Crippen LogP contribution in [-0.2, 0) is 4.79 Å². The van der Waals surface area contributed by atoms with Crippen LogP contribution >= 0.6 is 0 Å². The maximum absolute atomic E-state index is 12.5. The summed E-state index contributed by atoms with van der Waals surface area (Å²) in [6, 6.07) is 8.28. The molecule has 0 amide bonds. The molecule has 1 aromatic rings. The Morgan fingerprint density at radius 2 is 1.64 bits per heavy atom. The molecule has 0 aliphatic heterocycles. The second kappa shape index (κ2) is 11.3. The van der Waals surface area contributed by atoms with Gasteiger partial charge in [-0.05, 0) is 42.9 Å². The fourth-order valence-electron chi connectivity index (χ4n) is 3.88. The second-order valence-corrected chi connectivity index (χ2v) is 7.64. The summed E-state index contributed by atoms with van der Waals surface area (Å²) in [5.74, 6) is 2.11. The number of carbonyl (C=O) groups is 1. The van der Waals surface area contributed by atoms with Crippen LogP contribution in [0, 0.1) is 5.92 Å². The smallest absolute Gasteiger partial charge is 0.140 e. The Labute approximate surface area is 154 Å². The van der Waals surface area contributed by atoms with Crippen molar-refractivity contribution in [2.24, 2.45) is 5.92 Å². The molecule has 0 heterocycles. The van der Waals surface area contributed by atoms with Crippen LogP contribution in [0.4, 0.5) is 0 Å². The van der Waals surface area contributed by atoms with Gasteiger partial charge in [0, 0.05) is 12.3 Å². The van der Waals surface area contributed by atoms with E-state index in [4.69, 9.17) is 4.74 Å². The van der Waals surface area contributed by atoms with Gasteiger partial charge in [0.2, 0.25) is 0 Å². The van der Waals surface area contributed by atoms with E-state index in [1.807, 2.05) is 12.1 Å². The highest BCUT2D eigenvalue weighted by Gasteiger charge is 2.29. The SMILES string of the molecule is CCCCCCCOc1ccc([C@@H]2CC[C@@H](CCCC)CC2=O)cc1. The van der Waals surface area contributed by atoms with Gasteiger partial charge in [-0.15, -0.1) is 0 Å². The van der Waals surface area contributed by atoms with Crippen LogP contribution in [-0.4, -0.2) is 12.4 Å². The highest BCUT2D eigenvalue weighted by Crippen LogP contribution is 2.35. The van der Waals surface area contributed by atoms with E-state index >= 15 is 0 Å². The minimum absolute atomic E-state index is 0.112. The molecule has 1 saturated carbocycles. The first kappa shape index (κ1) is 20.0. The molecule has 1 aliphatic rings. The summed E-state index contributed by atoms with van der Waals surface area (Å²) in [4.78, 5) is 12.5. The van der Waals surface area contributed by atoms with E-state index < -0.39 is 0 Å². The Kier molecular flexibility index (Phi) is 9.07. The average Bonchev–Trinajstić information content (AvgIpc) is 2.63. The first-order valence-electron chi connectivity index (χ1n) is 10.5. The van der Waals surface area contributed by atoms with Gasteiger partial charge in [-0.1, -0.05) is 70.9 Å². The molecule has 0 spiro atoms. The van der Waals surface area contributed by atoms with Crippen LogP contribution in [0.15, 0.2) is 24.3 Å². The summed E-state index contributed by atoms with van der Waals surface area (Å²) >= 11 is 0. The molecular formula is C23H36O2. The van der Waals surface area contributed by atoms with Gasteiger partial charge >= 0.3 is 0 Å². The van der Waals surface area contributed by atoms with E-state index in [2.05, 4.69) is 26.0 Å². The summed E-state index contributed by atoms with van der Waals surface area (Å²) in [5.41, 5.74) is 1.18. The maximum atomic E-state index is 12.5. The quantitative estimate of drug-likeness (QED) is 0.419. The molecule has 1 aliphatic carbocycles. The van der Waals surface area contributed by atoms with Gasteiger partial charge in [0.25, 0.3) is 0 Å². The summed E-state index contributed by atoms with van der Waals surface area (Å²) in [6.45, 7) is 5.26. The lowest BCUT2D eigenvalue weighted by atomic mass is 9.76. The fraction of sp³-hybridized carbons (Fsp3) is 0.696. The van der Waals surface area contributed by atoms with Crippen LogP contribution in [0.5, 0.6) is 5.75 Å². The zero-order valence-electron chi connectivity index (χ0n) is 16.3. The lowest BCUT2D eigenvalue weighted by molar-refractivity contribution is -0.123. The van der Waals surface area contributed by atoms with Crippen molar-refractivity contribution in [2.45, 2.75) is 90.4 Å². The fourth-order valence-corrected chi connectivity index (χ4v) is 3.88. The number of carbonyl (C=O) groups excluding carboxylic acids is 1. The number of hydrogen-bond acceptors (Lipinski definition) is 2. The third-order valence-electron chi connectivity index (χ3n) is 5.51. The molecule has 0 radical (unpaired) electrons. The molecule has 1 fully saturated rings. The van der Waals surface area contributed by atoms with Crippen LogP contribution in [0.25, 0.3) is 0 Å². The largest absolute Gasteiger partial charge is 0.494 e. The number of ketones is 1. The van der Waals surface area contributed by atoms with E-state index in [1.165, 1.54) is 56.9 Å². The van der Waals surface area contributed by atoms with E-state index in [0.29, 0.717) is 11.7 Å². The molecule has 2 nitrogen and oxygen atoms in total. The molecule has 2 atom stereocenters. The third-order valence-corrected chi connectivity index (χ3v) is 5.51. The van der Waals surface area contributed by atoms with Gasteiger partial charge < -0.3 is 4.74 Å². The zero-order valence-corrected chi connectivity index (χ0v) is 16.3. The first-order chi connectivity index (χ1) is 12.2. The monoisotopic (exact) mass is 344 g/mol. The van der Waals surface area contributed by atoms with Crippen molar-refractivity contribution in [3.05, 3.63) is 29.8 Å². The molecular weight excluding hydrogens is 308 g/mol. The van der Waals surface area contributed by atoms with Crippen LogP contribution in [0.3, 0.4) is 0 Å². The zero-order chi connectivity index (χ0) is 17.9. The van der Waals surface area contributed by atoms with Crippen molar-refractivity contribution >= 4 is 5.78 Å². The van der Waals surface area contributed by atoms with Gasteiger partial charge in [0.15, 0.2) is 0 Å². The average molecular weight is 345 g/mol. The Morgan fingerprint density at radius 3 is 2.32 bits per heavy atom. The van der Waals surface area contributed by atoms with Crippen molar-refractivity contribution in [2.75, 3.05) is 6.61 Å². The molecule has 140 valence electrons. The summed E-state index contributed by atoms with van der Waals surface area (Å²) in [7, 11) is 0.